The fraction of sp³-hybridized carbons (Fsp3) is 0.0769. The van der Waals surface area contributed by atoms with Crippen LogP contribution in [0.2, 0.25) is 0 Å². The Balaban J connectivity index is 2.18. The Morgan fingerprint density at radius 3 is 1.80 bits per heavy atom. The molecular weight excluding hydrogens is 376 g/mol. The van der Waals surface area contributed by atoms with Crippen molar-refractivity contribution in [1.82, 2.24) is 0 Å². The van der Waals surface area contributed by atoms with Gasteiger partial charge in [0.15, 0.2) is 0 Å². The third kappa shape index (κ3) is 4.73. The second-order valence-electron chi connectivity index (χ2n) is 6.42. The molecule has 0 aromatic heterocycles. The van der Waals surface area contributed by atoms with E-state index in [9.17, 15) is 9.59 Å². The zero-order valence-electron chi connectivity index (χ0n) is 16.9. The fourth-order valence-corrected chi connectivity index (χ4v) is 3.15. The van der Waals surface area contributed by atoms with Crippen molar-refractivity contribution in [1.29, 1.82) is 0 Å². The Kier molecular flexibility index (Phi) is 6.95. The molecule has 150 valence electrons. The molecule has 0 N–H and O–H groups in total. The number of hydrogen-bond donors (Lipinski definition) is 0. The molecule has 4 nitrogen and oxygen atoms in total. The first-order chi connectivity index (χ1) is 14.7. The van der Waals surface area contributed by atoms with Gasteiger partial charge in [-0.25, -0.2) is 9.59 Å². The SMILES string of the molecule is COC(=O)C1=C(C(=O)OC)/C(=C/C=C(c2ccccc2)c2ccccc2)C=CC=C1. The van der Waals surface area contributed by atoms with Gasteiger partial charge in [-0.15, -0.1) is 0 Å². The lowest BCUT2D eigenvalue weighted by Crippen LogP contribution is -2.14. The van der Waals surface area contributed by atoms with Gasteiger partial charge in [0.1, 0.15) is 0 Å². The molecule has 0 saturated heterocycles. The zero-order valence-corrected chi connectivity index (χ0v) is 16.9. The minimum atomic E-state index is -0.604. The highest BCUT2D eigenvalue weighted by atomic mass is 16.5. The van der Waals surface area contributed by atoms with Gasteiger partial charge >= 0.3 is 11.9 Å². The van der Waals surface area contributed by atoms with E-state index in [1.54, 1.807) is 24.3 Å². The summed E-state index contributed by atoms with van der Waals surface area (Å²) in [5.41, 5.74) is 3.91. The lowest BCUT2D eigenvalue weighted by Gasteiger charge is -2.11. The number of esters is 2. The largest absolute Gasteiger partial charge is 0.465 e. The minimum absolute atomic E-state index is 0.148. The molecule has 0 bridgehead atoms. The number of ether oxygens (including phenoxy) is 2. The quantitative estimate of drug-likeness (QED) is 0.678. The maximum Gasteiger partial charge on any atom is 0.339 e. The summed E-state index contributed by atoms with van der Waals surface area (Å²) in [5.74, 6) is -1.20. The number of carbonyl (C=O) groups is 2. The number of allylic oxidation sites excluding steroid dienone is 5. The molecule has 1 aliphatic rings. The Morgan fingerprint density at radius 1 is 0.733 bits per heavy atom. The van der Waals surface area contributed by atoms with Crippen LogP contribution in [0.5, 0.6) is 0 Å². The smallest absolute Gasteiger partial charge is 0.339 e. The number of rotatable bonds is 5. The van der Waals surface area contributed by atoms with Crippen LogP contribution in [0.4, 0.5) is 0 Å². The Labute approximate surface area is 176 Å². The molecule has 4 heteroatoms. The number of hydrogen-bond acceptors (Lipinski definition) is 4. The average Bonchev–Trinajstić information content (AvgIpc) is 3.02. The van der Waals surface area contributed by atoms with Crippen LogP contribution in [-0.2, 0) is 19.1 Å². The lowest BCUT2D eigenvalue weighted by molar-refractivity contribution is -0.138. The van der Waals surface area contributed by atoms with Crippen LogP contribution in [0.3, 0.4) is 0 Å². The molecule has 3 rings (SSSR count). The van der Waals surface area contributed by atoms with Crippen molar-refractivity contribution in [2.75, 3.05) is 14.2 Å². The van der Waals surface area contributed by atoms with Gasteiger partial charge in [-0.1, -0.05) is 91.0 Å². The van der Waals surface area contributed by atoms with Gasteiger partial charge in [0.05, 0.1) is 25.4 Å². The van der Waals surface area contributed by atoms with Crippen molar-refractivity contribution in [3.8, 4) is 0 Å². The van der Waals surface area contributed by atoms with E-state index in [0.717, 1.165) is 16.7 Å². The topological polar surface area (TPSA) is 52.6 Å². The van der Waals surface area contributed by atoms with E-state index in [2.05, 4.69) is 0 Å². The second-order valence-corrected chi connectivity index (χ2v) is 6.42. The van der Waals surface area contributed by atoms with E-state index in [1.165, 1.54) is 14.2 Å². The van der Waals surface area contributed by atoms with E-state index in [-0.39, 0.29) is 11.1 Å². The average molecular weight is 398 g/mol. The highest BCUT2D eigenvalue weighted by molar-refractivity contribution is 6.06. The predicted octanol–water partition coefficient (Wildman–Crippen LogP) is 4.81. The number of carbonyl (C=O) groups excluding carboxylic acids is 2. The molecule has 2 aromatic rings. The molecule has 0 unspecified atom stereocenters. The van der Waals surface area contributed by atoms with Crippen molar-refractivity contribution in [2.45, 2.75) is 0 Å². The molecular formula is C26H22O4. The van der Waals surface area contributed by atoms with Crippen LogP contribution < -0.4 is 0 Å². The zero-order chi connectivity index (χ0) is 21.3. The maximum absolute atomic E-state index is 12.5. The van der Waals surface area contributed by atoms with Gasteiger partial charge in [0.25, 0.3) is 0 Å². The van der Waals surface area contributed by atoms with Crippen LogP contribution in [0.15, 0.2) is 114 Å². The third-order valence-electron chi connectivity index (χ3n) is 4.60. The highest BCUT2D eigenvalue weighted by Crippen LogP contribution is 2.27. The molecule has 0 amide bonds. The first kappa shape index (κ1) is 20.8. The van der Waals surface area contributed by atoms with Gasteiger partial charge in [0, 0.05) is 0 Å². The fourth-order valence-electron chi connectivity index (χ4n) is 3.15. The van der Waals surface area contributed by atoms with E-state index in [0.29, 0.717) is 5.57 Å². The molecule has 1 aliphatic carbocycles. The van der Waals surface area contributed by atoms with Crippen LogP contribution in [0.25, 0.3) is 5.57 Å². The van der Waals surface area contributed by atoms with Crippen LogP contribution in [-0.4, -0.2) is 26.2 Å². The van der Waals surface area contributed by atoms with Gasteiger partial charge in [-0.3, -0.25) is 0 Å². The van der Waals surface area contributed by atoms with Crippen molar-refractivity contribution < 1.29 is 19.1 Å². The maximum atomic E-state index is 12.5. The van der Waals surface area contributed by atoms with Crippen LogP contribution in [0, 0.1) is 0 Å². The van der Waals surface area contributed by atoms with E-state index < -0.39 is 11.9 Å². The molecule has 0 fully saturated rings. The third-order valence-corrected chi connectivity index (χ3v) is 4.60. The molecule has 30 heavy (non-hydrogen) atoms. The van der Waals surface area contributed by atoms with Gasteiger partial charge in [-0.2, -0.15) is 0 Å². The molecule has 0 atom stereocenters. The summed E-state index contributed by atoms with van der Waals surface area (Å²) in [6.07, 6.45) is 10.5. The first-order valence-corrected chi connectivity index (χ1v) is 9.44. The molecule has 0 saturated carbocycles. The minimum Gasteiger partial charge on any atom is -0.465 e. The number of methoxy groups -OCH3 is 2. The predicted molar refractivity (Wildman–Crippen MR) is 117 cm³/mol. The first-order valence-electron chi connectivity index (χ1n) is 9.44. The second kappa shape index (κ2) is 10.0. The summed E-state index contributed by atoms with van der Waals surface area (Å²) >= 11 is 0. The summed E-state index contributed by atoms with van der Waals surface area (Å²) in [6, 6.07) is 19.9. The van der Waals surface area contributed by atoms with Crippen LogP contribution >= 0.6 is 0 Å². The molecule has 0 spiro atoms. The summed E-state index contributed by atoms with van der Waals surface area (Å²) in [4.78, 5) is 24.8. The van der Waals surface area contributed by atoms with E-state index in [4.69, 9.17) is 9.47 Å². The molecule has 0 heterocycles. The van der Waals surface area contributed by atoms with E-state index >= 15 is 0 Å². The van der Waals surface area contributed by atoms with Crippen LogP contribution in [0.1, 0.15) is 11.1 Å². The van der Waals surface area contributed by atoms with E-state index in [1.807, 2.05) is 72.8 Å². The van der Waals surface area contributed by atoms with Gasteiger partial charge in [-0.05, 0) is 28.3 Å². The lowest BCUT2D eigenvalue weighted by atomic mass is 9.95. The monoisotopic (exact) mass is 398 g/mol. The molecule has 0 aliphatic heterocycles. The van der Waals surface area contributed by atoms with Crippen molar-refractivity contribution in [3.63, 3.8) is 0 Å². The Hall–Kier alpha value is -3.92. The van der Waals surface area contributed by atoms with Crippen molar-refractivity contribution >= 4 is 17.5 Å². The van der Waals surface area contributed by atoms with Crippen molar-refractivity contribution in [3.05, 3.63) is 125 Å². The van der Waals surface area contributed by atoms with Gasteiger partial charge < -0.3 is 9.47 Å². The standard InChI is InChI=1S/C26H22O4/c1-29-25(27)23-16-10-9-15-21(24(23)26(28)30-2)17-18-22(19-11-5-3-6-12-19)20-13-7-4-8-14-20/h3-18H,1-2H3/b21-17+. The number of benzene rings is 2. The summed E-state index contributed by atoms with van der Waals surface area (Å²) in [7, 11) is 2.57. The summed E-state index contributed by atoms with van der Waals surface area (Å²) < 4.78 is 9.80. The normalized spacial score (nSPS) is 14.3. The van der Waals surface area contributed by atoms with Crippen molar-refractivity contribution in [2.24, 2.45) is 0 Å². The Bertz CT molecular complexity index is 1030. The summed E-state index contributed by atoms with van der Waals surface area (Å²) in [6.45, 7) is 0. The molecule has 2 aromatic carbocycles. The highest BCUT2D eigenvalue weighted by Gasteiger charge is 2.23. The Morgan fingerprint density at radius 2 is 1.27 bits per heavy atom. The summed E-state index contributed by atoms with van der Waals surface area (Å²) in [5, 5.41) is 0. The molecule has 0 radical (unpaired) electrons. The van der Waals surface area contributed by atoms with Gasteiger partial charge in [0.2, 0.25) is 0 Å².